The monoisotopic (exact) mass is 247 g/mol. The van der Waals surface area contributed by atoms with Crippen molar-refractivity contribution in [1.29, 1.82) is 0 Å². The number of hydrogen-bond acceptors (Lipinski definition) is 3. The highest BCUT2D eigenvalue weighted by molar-refractivity contribution is 6.04. The number of aromatic amines is 1. The molecule has 1 aromatic carbocycles. The van der Waals surface area contributed by atoms with E-state index in [0.717, 1.165) is 10.9 Å². The van der Waals surface area contributed by atoms with Crippen LogP contribution in [0.2, 0.25) is 0 Å². The van der Waals surface area contributed by atoms with Crippen LogP contribution < -0.4 is 5.32 Å². The SMILES string of the molecule is CCOC(C)CNC(=O)c1n[nH]c2ccccc12. The normalized spacial score (nSPS) is 12.6. The van der Waals surface area contributed by atoms with Crippen molar-refractivity contribution in [2.45, 2.75) is 20.0 Å². The fraction of sp³-hybridized carbons (Fsp3) is 0.385. The Bertz CT molecular complexity index is 536. The Labute approximate surface area is 106 Å². The zero-order valence-electron chi connectivity index (χ0n) is 10.6. The second-order valence-corrected chi connectivity index (χ2v) is 4.09. The van der Waals surface area contributed by atoms with Crippen molar-refractivity contribution >= 4 is 16.8 Å². The second-order valence-electron chi connectivity index (χ2n) is 4.09. The number of aromatic nitrogens is 2. The molecule has 0 spiro atoms. The molecule has 5 nitrogen and oxygen atoms in total. The predicted molar refractivity (Wildman–Crippen MR) is 69.5 cm³/mol. The van der Waals surface area contributed by atoms with E-state index in [1.807, 2.05) is 38.1 Å². The molecule has 1 unspecified atom stereocenters. The highest BCUT2D eigenvalue weighted by atomic mass is 16.5. The van der Waals surface area contributed by atoms with E-state index in [1.165, 1.54) is 0 Å². The van der Waals surface area contributed by atoms with E-state index in [4.69, 9.17) is 4.74 Å². The maximum absolute atomic E-state index is 12.0. The Balaban J connectivity index is 2.05. The molecule has 0 saturated heterocycles. The molecule has 0 aliphatic heterocycles. The first kappa shape index (κ1) is 12.6. The average Bonchev–Trinajstić information content (AvgIpc) is 2.80. The maximum atomic E-state index is 12.0. The summed E-state index contributed by atoms with van der Waals surface area (Å²) in [7, 11) is 0. The third-order valence-electron chi connectivity index (χ3n) is 2.69. The number of H-pyrrole nitrogens is 1. The average molecular weight is 247 g/mol. The zero-order chi connectivity index (χ0) is 13.0. The molecule has 5 heteroatoms. The highest BCUT2D eigenvalue weighted by Gasteiger charge is 2.14. The molecule has 2 rings (SSSR count). The fourth-order valence-corrected chi connectivity index (χ4v) is 1.80. The number of hydrogen-bond donors (Lipinski definition) is 2. The molecule has 1 heterocycles. The van der Waals surface area contributed by atoms with Crippen LogP contribution in [0.4, 0.5) is 0 Å². The quantitative estimate of drug-likeness (QED) is 0.845. The number of para-hydroxylation sites is 1. The van der Waals surface area contributed by atoms with Gasteiger partial charge >= 0.3 is 0 Å². The van der Waals surface area contributed by atoms with Gasteiger partial charge in [0, 0.05) is 18.5 Å². The van der Waals surface area contributed by atoms with Crippen molar-refractivity contribution < 1.29 is 9.53 Å². The topological polar surface area (TPSA) is 67.0 Å². The number of ether oxygens (including phenoxy) is 1. The van der Waals surface area contributed by atoms with Crippen molar-refractivity contribution in [1.82, 2.24) is 15.5 Å². The largest absolute Gasteiger partial charge is 0.377 e. The molecule has 2 aromatic rings. The first-order valence-corrected chi connectivity index (χ1v) is 6.05. The molecule has 18 heavy (non-hydrogen) atoms. The Morgan fingerprint density at radius 3 is 3.06 bits per heavy atom. The minimum absolute atomic E-state index is 0.00385. The van der Waals surface area contributed by atoms with Crippen LogP contribution >= 0.6 is 0 Å². The van der Waals surface area contributed by atoms with E-state index in [9.17, 15) is 4.79 Å². The number of rotatable bonds is 5. The Morgan fingerprint density at radius 1 is 1.50 bits per heavy atom. The maximum Gasteiger partial charge on any atom is 0.272 e. The van der Waals surface area contributed by atoms with Gasteiger partial charge in [-0.3, -0.25) is 9.89 Å². The molecule has 0 fully saturated rings. The van der Waals surface area contributed by atoms with Gasteiger partial charge in [-0.05, 0) is 19.9 Å². The van der Waals surface area contributed by atoms with Crippen molar-refractivity contribution in [2.24, 2.45) is 0 Å². The molecule has 0 saturated carbocycles. The summed E-state index contributed by atoms with van der Waals surface area (Å²) in [6.07, 6.45) is 0.00385. The second kappa shape index (κ2) is 5.64. The number of carbonyl (C=O) groups excluding carboxylic acids is 1. The van der Waals surface area contributed by atoms with Gasteiger partial charge in [0.15, 0.2) is 5.69 Å². The molecular weight excluding hydrogens is 230 g/mol. The van der Waals surface area contributed by atoms with Crippen molar-refractivity contribution in [3.05, 3.63) is 30.0 Å². The van der Waals surface area contributed by atoms with Crippen LogP contribution in [0.3, 0.4) is 0 Å². The van der Waals surface area contributed by atoms with Crippen LogP contribution in [-0.2, 0) is 4.74 Å². The van der Waals surface area contributed by atoms with Gasteiger partial charge in [-0.1, -0.05) is 18.2 Å². The minimum atomic E-state index is -0.181. The van der Waals surface area contributed by atoms with Gasteiger partial charge in [0.2, 0.25) is 0 Å². The third-order valence-corrected chi connectivity index (χ3v) is 2.69. The van der Waals surface area contributed by atoms with Gasteiger partial charge in [0.25, 0.3) is 5.91 Å². The standard InChI is InChI=1S/C13H17N3O2/c1-3-18-9(2)8-14-13(17)12-10-6-4-5-7-11(10)15-16-12/h4-7,9H,3,8H2,1-2H3,(H,14,17)(H,15,16). The minimum Gasteiger partial charge on any atom is -0.377 e. The summed E-state index contributed by atoms with van der Waals surface area (Å²) in [6, 6.07) is 7.55. The Hall–Kier alpha value is -1.88. The summed E-state index contributed by atoms with van der Waals surface area (Å²) in [5.41, 5.74) is 1.29. The summed E-state index contributed by atoms with van der Waals surface area (Å²) in [6.45, 7) is 4.97. The zero-order valence-corrected chi connectivity index (χ0v) is 10.6. The number of nitrogens with one attached hydrogen (secondary N) is 2. The fourth-order valence-electron chi connectivity index (χ4n) is 1.80. The van der Waals surface area contributed by atoms with Gasteiger partial charge in [-0.2, -0.15) is 5.10 Å². The van der Waals surface area contributed by atoms with Crippen LogP contribution in [0, 0.1) is 0 Å². The highest BCUT2D eigenvalue weighted by Crippen LogP contribution is 2.14. The molecule has 1 amide bonds. The number of amides is 1. The van der Waals surface area contributed by atoms with E-state index in [2.05, 4.69) is 15.5 Å². The Kier molecular flexibility index (Phi) is 3.94. The third kappa shape index (κ3) is 2.68. The van der Waals surface area contributed by atoms with E-state index in [-0.39, 0.29) is 12.0 Å². The van der Waals surface area contributed by atoms with E-state index in [0.29, 0.717) is 18.8 Å². The van der Waals surface area contributed by atoms with Crippen LogP contribution in [-0.4, -0.2) is 35.4 Å². The number of nitrogens with zero attached hydrogens (tertiary/aromatic N) is 1. The lowest BCUT2D eigenvalue weighted by molar-refractivity contribution is 0.0694. The van der Waals surface area contributed by atoms with Crippen molar-refractivity contribution in [2.75, 3.05) is 13.2 Å². The van der Waals surface area contributed by atoms with Crippen LogP contribution in [0.5, 0.6) is 0 Å². The van der Waals surface area contributed by atoms with Gasteiger partial charge in [0.05, 0.1) is 11.6 Å². The predicted octanol–water partition coefficient (Wildman–Crippen LogP) is 1.72. The number of carbonyl (C=O) groups is 1. The van der Waals surface area contributed by atoms with E-state index < -0.39 is 0 Å². The molecule has 96 valence electrons. The summed E-state index contributed by atoms with van der Waals surface area (Å²) >= 11 is 0. The molecule has 1 atom stereocenters. The summed E-state index contributed by atoms with van der Waals surface area (Å²) in [4.78, 5) is 12.0. The molecular formula is C13H17N3O2. The number of benzene rings is 1. The first-order chi connectivity index (χ1) is 8.72. The van der Waals surface area contributed by atoms with Crippen LogP contribution in [0.1, 0.15) is 24.3 Å². The molecule has 0 aliphatic rings. The van der Waals surface area contributed by atoms with E-state index >= 15 is 0 Å². The van der Waals surface area contributed by atoms with Gasteiger partial charge in [-0.15, -0.1) is 0 Å². The molecule has 0 radical (unpaired) electrons. The van der Waals surface area contributed by atoms with Gasteiger partial charge in [-0.25, -0.2) is 0 Å². The van der Waals surface area contributed by atoms with Gasteiger partial charge < -0.3 is 10.1 Å². The molecule has 0 aliphatic carbocycles. The lowest BCUT2D eigenvalue weighted by Crippen LogP contribution is -2.32. The van der Waals surface area contributed by atoms with Crippen molar-refractivity contribution in [3.8, 4) is 0 Å². The summed E-state index contributed by atoms with van der Waals surface area (Å²) in [5, 5.41) is 10.5. The number of fused-ring (bicyclic) bond motifs is 1. The van der Waals surface area contributed by atoms with Crippen LogP contribution in [0.25, 0.3) is 10.9 Å². The van der Waals surface area contributed by atoms with Gasteiger partial charge in [0.1, 0.15) is 0 Å². The summed E-state index contributed by atoms with van der Waals surface area (Å²) in [5.74, 6) is -0.181. The summed E-state index contributed by atoms with van der Waals surface area (Å²) < 4.78 is 5.35. The first-order valence-electron chi connectivity index (χ1n) is 6.05. The molecule has 1 aromatic heterocycles. The smallest absolute Gasteiger partial charge is 0.272 e. The van der Waals surface area contributed by atoms with E-state index in [1.54, 1.807) is 0 Å². The Morgan fingerprint density at radius 2 is 2.28 bits per heavy atom. The lowest BCUT2D eigenvalue weighted by atomic mass is 10.2. The molecule has 0 bridgehead atoms. The lowest BCUT2D eigenvalue weighted by Gasteiger charge is -2.11. The van der Waals surface area contributed by atoms with Crippen molar-refractivity contribution in [3.63, 3.8) is 0 Å². The molecule has 2 N–H and O–H groups in total. The van der Waals surface area contributed by atoms with Crippen LogP contribution in [0.15, 0.2) is 24.3 Å².